The van der Waals surface area contributed by atoms with Crippen molar-refractivity contribution in [3.05, 3.63) is 84.2 Å². The predicted molar refractivity (Wildman–Crippen MR) is 125 cm³/mol. The zero-order valence-corrected chi connectivity index (χ0v) is 18.0. The maximum Gasteiger partial charge on any atom is 0.255 e. The van der Waals surface area contributed by atoms with Crippen LogP contribution >= 0.6 is 0 Å². The Morgan fingerprint density at radius 3 is 2.41 bits per heavy atom. The van der Waals surface area contributed by atoms with E-state index < -0.39 is 0 Å². The fourth-order valence-corrected chi connectivity index (χ4v) is 3.56. The molecule has 0 unspecified atom stereocenters. The van der Waals surface area contributed by atoms with E-state index in [0.717, 1.165) is 23.3 Å². The van der Waals surface area contributed by atoms with Gasteiger partial charge in [-0.15, -0.1) is 0 Å². The van der Waals surface area contributed by atoms with Gasteiger partial charge in [0, 0.05) is 17.7 Å². The molecule has 1 heterocycles. The lowest BCUT2D eigenvalue weighted by Gasteiger charge is -2.11. The normalized spacial score (nSPS) is 10.7. The third-order valence-electron chi connectivity index (χ3n) is 5.14. The number of aromatic nitrogens is 2. The van der Waals surface area contributed by atoms with Crippen molar-refractivity contribution in [2.45, 2.75) is 19.9 Å². The third-order valence-corrected chi connectivity index (χ3v) is 5.14. The number of hydrogen-bond donors (Lipinski definition) is 2. The summed E-state index contributed by atoms with van der Waals surface area (Å²) in [5.74, 6) is 1.03. The van der Waals surface area contributed by atoms with Crippen LogP contribution in [0, 0.1) is 0 Å². The fourth-order valence-electron chi connectivity index (χ4n) is 3.56. The van der Waals surface area contributed by atoms with Crippen LogP contribution in [0.1, 0.15) is 23.1 Å². The molecular weight excluding hydrogens is 404 g/mol. The van der Waals surface area contributed by atoms with E-state index >= 15 is 0 Å². The Morgan fingerprint density at radius 1 is 0.938 bits per heavy atom. The van der Waals surface area contributed by atoms with Gasteiger partial charge in [-0.25, -0.2) is 4.98 Å². The second-order valence-electron chi connectivity index (χ2n) is 7.24. The van der Waals surface area contributed by atoms with Crippen LogP contribution < -0.4 is 15.4 Å². The number of hydrogen-bond acceptors (Lipinski definition) is 4. The van der Waals surface area contributed by atoms with Crippen molar-refractivity contribution < 1.29 is 14.3 Å². The third kappa shape index (κ3) is 4.46. The Labute approximate surface area is 186 Å². The number of nitrogens with zero attached hydrogens (tertiary/aromatic N) is 2. The topological polar surface area (TPSA) is 85.2 Å². The molecule has 1 aromatic heterocycles. The molecule has 0 aliphatic rings. The van der Waals surface area contributed by atoms with Gasteiger partial charge in [0.25, 0.3) is 5.91 Å². The van der Waals surface area contributed by atoms with E-state index in [4.69, 9.17) is 4.74 Å². The lowest BCUT2D eigenvalue weighted by atomic mass is 10.2. The summed E-state index contributed by atoms with van der Waals surface area (Å²) in [5, 5.41) is 5.73. The summed E-state index contributed by atoms with van der Waals surface area (Å²) in [5.41, 5.74) is 3.50. The number of carbonyl (C=O) groups is 2. The van der Waals surface area contributed by atoms with E-state index in [2.05, 4.69) is 15.6 Å². The van der Waals surface area contributed by atoms with Crippen LogP contribution in [0.5, 0.6) is 5.75 Å². The molecule has 4 rings (SSSR count). The average molecular weight is 428 g/mol. The number of carbonyl (C=O) groups excluding carboxylic acids is 2. The highest BCUT2D eigenvalue weighted by Crippen LogP contribution is 2.24. The van der Waals surface area contributed by atoms with Crippen LogP contribution in [-0.4, -0.2) is 28.5 Å². The first-order valence-electron chi connectivity index (χ1n) is 10.4. The molecule has 0 fully saturated rings. The smallest absolute Gasteiger partial charge is 0.255 e. The Kier molecular flexibility index (Phi) is 6.17. The van der Waals surface area contributed by atoms with E-state index in [1.54, 1.807) is 43.5 Å². The molecule has 7 heteroatoms. The van der Waals surface area contributed by atoms with Crippen LogP contribution in [-0.2, 0) is 17.8 Å². The molecule has 7 nitrogen and oxygen atoms in total. The SMILES string of the molecule is CCc1nc2ccccc2n1CC(=O)Nc1ccc(C(=O)Nc2ccccc2OC)cc1. The highest BCUT2D eigenvalue weighted by atomic mass is 16.5. The van der Waals surface area contributed by atoms with Crippen LogP contribution in [0.25, 0.3) is 11.0 Å². The van der Waals surface area contributed by atoms with Gasteiger partial charge >= 0.3 is 0 Å². The number of anilines is 2. The molecule has 4 aromatic rings. The molecule has 0 atom stereocenters. The lowest BCUT2D eigenvalue weighted by Crippen LogP contribution is -2.20. The molecule has 0 aliphatic heterocycles. The molecule has 0 bridgehead atoms. The molecule has 3 aromatic carbocycles. The zero-order valence-electron chi connectivity index (χ0n) is 18.0. The van der Waals surface area contributed by atoms with Crippen molar-refractivity contribution >= 4 is 34.2 Å². The second kappa shape index (κ2) is 9.34. The molecule has 0 radical (unpaired) electrons. The van der Waals surface area contributed by atoms with Crippen LogP contribution in [0.2, 0.25) is 0 Å². The summed E-state index contributed by atoms with van der Waals surface area (Å²) < 4.78 is 7.19. The number of fused-ring (bicyclic) bond motifs is 1. The van der Waals surface area contributed by atoms with Gasteiger partial charge in [-0.3, -0.25) is 9.59 Å². The number of aryl methyl sites for hydroxylation is 1. The number of methoxy groups -OCH3 is 1. The zero-order chi connectivity index (χ0) is 22.5. The van der Waals surface area contributed by atoms with Gasteiger partial charge in [-0.1, -0.05) is 31.2 Å². The van der Waals surface area contributed by atoms with Crippen molar-refractivity contribution in [2.24, 2.45) is 0 Å². The first-order chi connectivity index (χ1) is 15.6. The molecule has 0 aliphatic carbocycles. The maximum absolute atomic E-state index is 12.7. The van der Waals surface area contributed by atoms with E-state index in [0.29, 0.717) is 22.7 Å². The summed E-state index contributed by atoms with van der Waals surface area (Å²) in [6, 6.07) is 21.8. The van der Waals surface area contributed by atoms with E-state index in [1.165, 1.54) is 0 Å². The monoisotopic (exact) mass is 428 g/mol. The molecule has 0 spiro atoms. The minimum atomic E-state index is -0.259. The Morgan fingerprint density at radius 2 is 1.66 bits per heavy atom. The molecular formula is C25H24N4O3. The van der Waals surface area contributed by atoms with Crippen molar-refractivity contribution in [1.82, 2.24) is 9.55 Å². The van der Waals surface area contributed by atoms with Crippen LogP contribution in [0.4, 0.5) is 11.4 Å². The molecule has 32 heavy (non-hydrogen) atoms. The standard InChI is InChI=1S/C25H24N4O3/c1-3-23-27-19-8-4-6-10-21(19)29(23)16-24(30)26-18-14-12-17(13-15-18)25(31)28-20-9-5-7-11-22(20)32-2/h4-15H,3,16H2,1-2H3,(H,26,30)(H,28,31). The van der Waals surface area contributed by atoms with Gasteiger partial charge in [0.1, 0.15) is 18.1 Å². The van der Waals surface area contributed by atoms with Crippen molar-refractivity contribution in [2.75, 3.05) is 17.7 Å². The lowest BCUT2D eigenvalue weighted by molar-refractivity contribution is -0.116. The van der Waals surface area contributed by atoms with Crippen molar-refractivity contribution in [3.8, 4) is 5.75 Å². The highest BCUT2D eigenvalue weighted by molar-refractivity contribution is 6.05. The van der Waals surface area contributed by atoms with Gasteiger partial charge in [-0.2, -0.15) is 0 Å². The molecule has 0 saturated carbocycles. The minimum absolute atomic E-state index is 0.158. The number of benzene rings is 3. The summed E-state index contributed by atoms with van der Waals surface area (Å²) in [7, 11) is 1.55. The van der Waals surface area contributed by atoms with Crippen molar-refractivity contribution in [1.29, 1.82) is 0 Å². The number of amides is 2. The molecule has 2 N–H and O–H groups in total. The number of para-hydroxylation sites is 4. The van der Waals surface area contributed by atoms with Crippen LogP contribution in [0.3, 0.4) is 0 Å². The minimum Gasteiger partial charge on any atom is -0.495 e. The molecule has 2 amide bonds. The largest absolute Gasteiger partial charge is 0.495 e. The van der Waals surface area contributed by atoms with Crippen LogP contribution in [0.15, 0.2) is 72.8 Å². The van der Waals surface area contributed by atoms with E-state index in [1.807, 2.05) is 47.9 Å². The van der Waals surface area contributed by atoms with Gasteiger partial charge in [0.05, 0.1) is 23.8 Å². The summed E-state index contributed by atoms with van der Waals surface area (Å²) in [6.07, 6.45) is 0.734. The van der Waals surface area contributed by atoms with E-state index in [9.17, 15) is 9.59 Å². The second-order valence-corrected chi connectivity index (χ2v) is 7.24. The van der Waals surface area contributed by atoms with Gasteiger partial charge in [0.2, 0.25) is 5.91 Å². The number of imidazole rings is 1. The Hall–Kier alpha value is -4.13. The Bertz CT molecular complexity index is 1260. The fraction of sp³-hybridized carbons (Fsp3) is 0.160. The van der Waals surface area contributed by atoms with Gasteiger partial charge < -0.3 is 19.9 Å². The first kappa shape index (κ1) is 21.1. The molecule has 0 saturated heterocycles. The summed E-state index contributed by atoms with van der Waals surface area (Å²) in [6.45, 7) is 2.18. The first-order valence-corrected chi connectivity index (χ1v) is 10.4. The van der Waals surface area contributed by atoms with Gasteiger partial charge in [-0.05, 0) is 48.5 Å². The number of ether oxygens (including phenoxy) is 1. The van der Waals surface area contributed by atoms with Gasteiger partial charge in [0.15, 0.2) is 0 Å². The summed E-state index contributed by atoms with van der Waals surface area (Å²) in [4.78, 5) is 29.8. The maximum atomic E-state index is 12.7. The number of nitrogens with one attached hydrogen (secondary N) is 2. The highest BCUT2D eigenvalue weighted by Gasteiger charge is 2.13. The summed E-state index contributed by atoms with van der Waals surface area (Å²) >= 11 is 0. The average Bonchev–Trinajstić information content (AvgIpc) is 3.17. The van der Waals surface area contributed by atoms with E-state index in [-0.39, 0.29) is 18.4 Å². The Balaban J connectivity index is 1.43. The quantitative estimate of drug-likeness (QED) is 0.454. The number of rotatable bonds is 7. The predicted octanol–water partition coefficient (Wildman–Crippen LogP) is 4.50. The molecule has 162 valence electrons. The van der Waals surface area contributed by atoms with Crippen molar-refractivity contribution in [3.63, 3.8) is 0 Å².